The molecule has 0 spiro atoms. The van der Waals surface area contributed by atoms with E-state index in [1.165, 1.54) is 6.20 Å². The second kappa shape index (κ2) is 6.02. The van der Waals surface area contributed by atoms with Crippen molar-refractivity contribution in [2.45, 2.75) is 13.5 Å². The SMILES string of the molecule is Cc1ccc(-c2nc(C(=O)O)cn2-c2ccc(CN)cc2)cn1. The first-order valence-corrected chi connectivity index (χ1v) is 7.13. The van der Waals surface area contributed by atoms with Crippen LogP contribution in [-0.2, 0) is 6.54 Å². The second-order valence-electron chi connectivity index (χ2n) is 5.18. The maximum atomic E-state index is 11.3. The topological polar surface area (TPSA) is 94.0 Å². The molecule has 0 atom stereocenters. The number of carboxylic acids is 1. The average molecular weight is 308 g/mol. The Labute approximate surface area is 133 Å². The van der Waals surface area contributed by atoms with Crippen LogP contribution >= 0.6 is 0 Å². The molecule has 0 bridgehead atoms. The lowest BCUT2D eigenvalue weighted by molar-refractivity contribution is 0.0691. The molecule has 0 radical (unpaired) electrons. The zero-order valence-corrected chi connectivity index (χ0v) is 12.6. The van der Waals surface area contributed by atoms with Gasteiger partial charge in [0.25, 0.3) is 0 Å². The summed E-state index contributed by atoms with van der Waals surface area (Å²) in [7, 11) is 0. The van der Waals surface area contributed by atoms with Gasteiger partial charge in [-0.3, -0.25) is 9.55 Å². The van der Waals surface area contributed by atoms with E-state index in [0.29, 0.717) is 12.4 Å². The lowest BCUT2D eigenvalue weighted by atomic mass is 10.2. The van der Waals surface area contributed by atoms with E-state index >= 15 is 0 Å². The zero-order valence-electron chi connectivity index (χ0n) is 12.6. The molecule has 0 amide bonds. The van der Waals surface area contributed by atoms with E-state index in [0.717, 1.165) is 22.5 Å². The fraction of sp³-hybridized carbons (Fsp3) is 0.118. The number of carbonyl (C=O) groups is 1. The van der Waals surface area contributed by atoms with Gasteiger partial charge in [-0.15, -0.1) is 0 Å². The number of carboxylic acid groups (broad SMARTS) is 1. The van der Waals surface area contributed by atoms with Gasteiger partial charge < -0.3 is 10.8 Å². The summed E-state index contributed by atoms with van der Waals surface area (Å²) >= 11 is 0. The number of nitrogens with zero attached hydrogens (tertiary/aromatic N) is 3. The number of aromatic carboxylic acids is 1. The van der Waals surface area contributed by atoms with Crippen molar-refractivity contribution in [3.8, 4) is 17.1 Å². The van der Waals surface area contributed by atoms with E-state index in [2.05, 4.69) is 9.97 Å². The Morgan fingerprint density at radius 2 is 1.96 bits per heavy atom. The molecule has 23 heavy (non-hydrogen) atoms. The van der Waals surface area contributed by atoms with Crippen LogP contribution < -0.4 is 5.73 Å². The van der Waals surface area contributed by atoms with Gasteiger partial charge in [-0.25, -0.2) is 9.78 Å². The van der Waals surface area contributed by atoms with Crippen molar-refractivity contribution in [2.24, 2.45) is 5.73 Å². The minimum absolute atomic E-state index is 0.0107. The molecule has 3 N–H and O–H groups in total. The number of aromatic nitrogens is 3. The third-order valence-electron chi connectivity index (χ3n) is 3.54. The normalized spacial score (nSPS) is 10.7. The molecule has 0 fully saturated rings. The van der Waals surface area contributed by atoms with Gasteiger partial charge in [0.15, 0.2) is 5.69 Å². The number of nitrogens with two attached hydrogens (primary N) is 1. The van der Waals surface area contributed by atoms with Crippen LogP contribution in [0, 0.1) is 6.92 Å². The Morgan fingerprint density at radius 1 is 1.22 bits per heavy atom. The molecule has 2 heterocycles. The number of benzene rings is 1. The van der Waals surface area contributed by atoms with Crippen molar-refractivity contribution in [2.75, 3.05) is 0 Å². The Kier molecular flexibility index (Phi) is 3.91. The lowest BCUT2D eigenvalue weighted by Crippen LogP contribution is -1.99. The molecular weight excluding hydrogens is 292 g/mol. The van der Waals surface area contributed by atoms with Crippen molar-refractivity contribution in [3.63, 3.8) is 0 Å². The molecule has 2 aromatic heterocycles. The number of hydrogen-bond donors (Lipinski definition) is 2. The van der Waals surface area contributed by atoms with Crippen molar-refractivity contribution >= 4 is 5.97 Å². The Bertz CT molecular complexity index is 836. The van der Waals surface area contributed by atoms with Gasteiger partial charge in [0, 0.05) is 35.9 Å². The summed E-state index contributed by atoms with van der Waals surface area (Å²) in [5, 5.41) is 9.23. The maximum Gasteiger partial charge on any atom is 0.356 e. The van der Waals surface area contributed by atoms with E-state index < -0.39 is 5.97 Å². The first kappa shape index (κ1) is 14.9. The Morgan fingerprint density at radius 3 is 2.52 bits per heavy atom. The van der Waals surface area contributed by atoms with Crippen LogP contribution in [0.1, 0.15) is 21.7 Å². The molecule has 6 heteroatoms. The molecule has 3 aromatic rings. The molecule has 3 rings (SSSR count). The predicted molar refractivity (Wildman–Crippen MR) is 86.4 cm³/mol. The number of rotatable bonds is 4. The molecule has 0 saturated carbocycles. The van der Waals surface area contributed by atoms with Gasteiger partial charge in [-0.2, -0.15) is 0 Å². The predicted octanol–water partition coefficient (Wildman–Crippen LogP) is 2.40. The average Bonchev–Trinajstić information content (AvgIpc) is 3.01. The maximum absolute atomic E-state index is 11.3. The Hall–Kier alpha value is -2.99. The minimum Gasteiger partial charge on any atom is -0.476 e. The summed E-state index contributed by atoms with van der Waals surface area (Å²) in [6, 6.07) is 11.3. The van der Waals surface area contributed by atoms with Crippen molar-refractivity contribution in [3.05, 3.63) is 65.7 Å². The summed E-state index contributed by atoms with van der Waals surface area (Å²) in [6.07, 6.45) is 3.20. The number of aryl methyl sites for hydroxylation is 1. The smallest absolute Gasteiger partial charge is 0.356 e. The first-order valence-electron chi connectivity index (χ1n) is 7.13. The van der Waals surface area contributed by atoms with Crippen LogP contribution in [0.2, 0.25) is 0 Å². The highest BCUT2D eigenvalue weighted by Gasteiger charge is 2.16. The van der Waals surface area contributed by atoms with Crippen LogP contribution in [0.3, 0.4) is 0 Å². The number of hydrogen-bond acceptors (Lipinski definition) is 4. The molecule has 6 nitrogen and oxygen atoms in total. The van der Waals surface area contributed by atoms with Crippen LogP contribution in [0.25, 0.3) is 17.1 Å². The van der Waals surface area contributed by atoms with E-state index in [1.807, 2.05) is 43.3 Å². The summed E-state index contributed by atoms with van der Waals surface area (Å²) in [4.78, 5) is 19.8. The number of imidazole rings is 1. The monoisotopic (exact) mass is 308 g/mol. The summed E-state index contributed by atoms with van der Waals surface area (Å²) in [5.41, 5.74) is 9.07. The summed E-state index contributed by atoms with van der Waals surface area (Å²) in [6.45, 7) is 2.35. The zero-order chi connectivity index (χ0) is 16.4. The Balaban J connectivity index is 2.13. The summed E-state index contributed by atoms with van der Waals surface area (Å²) < 4.78 is 1.75. The molecule has 0 aliphatic heterocycles. The fourth-order valence-corrected chi connectivity index (χ4v) is 2.28. The first-order chi connectivity index (χ1) is 11.1. The van der Waals surface area contributed by atoms with E-state index in [4.69, 9.17) is 5.73 Å². The van der Waals surface area contributed by atoms with E-state index in [1.54, 1.807) is 10.8 Å². The van der Waals surface area contributed by atoms with Gasteiger partial charge in [0.1, 0.15) is 5.82 Å². The van der Waals surface area contributed by atoms with E-state index in [9.17, 15) is 9.90 Å². The van der Waals surface area contributed by atoms with Gasteiger partial charge >= 0.3 is 5.97 Å². The molecule has 0 aliphatic carbocycles. The highest BCUT2D eigenvalue weighted by molar-refractivity contribution is 5.86. The largest absolute Gasteiger partial charge is 0.476 e. The van der Waals surface area contributed by atoms with Gasteiger partial charge in [-0.1, -0.05) is 12.1 Å². The van der Waals surface area contributed by atoms with E-state index in [-0.39, 0.29) is 5.69 Å². The summed E-state index contributed by atoms with van der Waals surface area (Å²) in [5.74, 6) is -0.529. The third kappa shape index (κ3) is 2.97. The van der Waals surface area contributed by atoms with Crippen LogP contribution in [0.15, 0.2) is 48.8 Å². The molecule has 0 unspecified atom stereocenters. The second-order valence-corrected chi connectivity index (χ2v) is 5.18. The van der Waals surface area contributed by atoms with Crippen LogP contribution in [0.4, 0.5) is 0 Å². The molecule has 116 valence electrons. The van der Waals surface area contributed by atoms with Gasteiger partial charge in [0.05, 0.1) is 0 Å². The molecule has 0 aliphatic rings. The van der Waals surface area contributed by atoms with Gasteiger partial charge in [0.2, 0.25) is 0 Å². The van der Waals surface area contributed by atoms with Crippen LogP contribution in [-0.4, -0.2) is 25.6 Å². The van der Waals surface area contributed by atoms with Crippen molar-refractivity contribution in [1.29, 1.82) is 0 Å². The quantitative estimate of drug-likeness (QED) is 0.772. The fourth-order valence-electron chi connectivity index (χ4n) is 2.28. The molecular formula is C17H16N4O2. The van der Waals surface area contributed by atoms with Crippen molar-refractivity contribution in [1.82, 2.24) is 14.5 Å². The highest BCUT2D eigenvalue weighted by atomic mass is 16.4. The van der Waals surface area contributed by atoms with Gasteiger partial charge in [-0.05, 0) is 36.8 Å². The highest BCUT2D eigenvalue weighted by Crippen LogP contribution is 2.23. The van der Waals surface area contributed by atoms with Crippen molar-refractivity contribution < 1.29 is 9.90 Å². The third-order valence-corrected chi connectivity index (χ3v) is 3.54. The minimum atomic E-state index is -1.07. The standard InChI is InChI=1S/C17H16N4O2/c1-11-2-5-13(9-19-11)16-20-15(17(22)23)10-21(16)14-6-3-12(8-18)4-7-14/h2-7,9-10H,8,18H2,1H3,(H,22,23). The number of pyridine rings is 1. The van der Waals surface area contributed by atoms with Crippen LogP contribution in [0.5, 0.6) is 0 Å². The molecule has 0 saturated heterocycles. The lowest BCUT2D eigenvalue weighted by Gasteiger charge is -2.08. The molecule has 1 aromatic carbocycles.